The third-order valence-electron chi connectivity index (χ3n) is 1.57. The number of aromatic nitrogens is 2. The van der Waals surface area contributed by atoms with Crippen LogP contribution >= 0.6 is 23.1 Å². The van der Waals surface area contributed by atoms with Crippen molar-refractivity contribution in [3.63, 3.8) is 0 Å². The number of carbonyl (C=O) groups is 1. The Labute approximate surface area is 103 Å². The van der Waals surface area contributed by atoms with Gasteiger partial charge in [-0.25, -0.2) is 0 Å². The van der Waals surface area contributed by atoms with Crippen molar-refractivity contribution in [1.29, 1.82) is 0 Å². The number of carbonyl (C=O) groups excluding carboxylic acids is 1. The number of thioether (sulfide) groups is 1. The van der Waals surface area contributed by atoms with Crippen LogP contribution in [0, 0.1) is 0 Å². The number of rotatable bonds is 4. The van der Waals surface area contributed by atoms with Crippen LogP contribution in [0.5, 0.6) is 0 Å². The molecule has 0 bridgehead atoms. The third-order valence-corrected chi connectivity index (χ3v) is 3.61. The first-order valence-electron chi connectivity index (χ1n) is 4.85. The Morgan fingerprint density at radius 2 is 2.12 bits per heavy atom. The second-order valence-electron chi connectivity index (χ2n) is 4.41. The highest BCUT2D eigenvalue weighted by molar-refractivity contribution is 8.02. The third kappa shape index (κ3) is 4.36. The van der Waals surface area contributed by atoms with Crippen molar-refractivity contribution < 1.29 is 4.79 Å². The highest BCUT2D eigenvalue weighted by atomic mass is 32.2. The van der Waals surface area contributed by atoms with Crippen LogP contribution in [0.4, 0.5) is 5.13 Å². The van der Waals surface area contributed by atoms with Crippen LogP contribution in [0.3, 0.4) is 0 Å². The predicted molar refractivity (Wildman–Crippen MR) is 67.8 cm³/mol. The van der Waals surface area contributed by atoms with Crippen molar-refractivity contribution >= 4 is 34.1 Å². The fourth-order valence-electron chi connectivity index (χ4n) is 0.838. The van der Waals surface area contributed by atoms with Gasteiger partial charge in [-0.3, -0.25) is 4.79 Å². The Balaban J connectivity index is 2.62. The van der Waals surface area contributed by atoms with Gasteiger partial charge in [0.1, 0.15) is 0 Å². The Kier molecular flexibility index (Phi) is 4.15. The summed E-state index contributed by atoms with van der Waals surface area (Å²) in [5.41, 5.74) is 5.13. The minimum absolute atomic E-state index is 0.0449. The average molecular weight is 260 g/mol. The van der Waals surface area contributed by atoms with Crippen LogP contribution in [0.15, 0.2) is 4.34 Å². The molecule has 1 aromatic rings. The molecular weight excluding hydrogens is 244 g/mol. The number of anilines is 1. The molecule has 16 heavy (non-hydrogen) atoms. The maximum atomic E-state index is 10.9. The zero-order valence-corrected chi connectivity index (χ0v) is 11.4. The van der Waals surface area contributed by atoms with Crippen LogP contribution < -0.4 is 11.1 Å². The molecule has 5 nitrogen and oxygen atoms in total. The van der Waals surface area contributed by atoms with Gasteiger partial charge in [0.2, 0.25) is 11.0 Å². The number of nitrogens with zero attached hydrogens (tertiary/aromatic N) is 2. The first-order valence-corrected chi connectivity index (χ1v) is 6.55. The first kappa shape index (κ1) is 13.2. The first-order chi connectivity index (χ1) is 7.28. The number of hydrogen-bond acceptors (Lipinski definition) is 6. The van der Waals surface area contributed by atoms with Gasteiger partial charge in [0.15, 0.2) is 4.34 Å². The van der Waals surface area contributed by atoms with Crippen molar-refractivity contribution in [2.45, 2.75) is 42.8 Å². The van der Waals surface area contributed by atoms with Crippen molar-refractivity contribution in [1.82, 2.24) is 10.2 Å². The van der Waals surface area contributed by atoms with Gasteiger partial charge in [0.05, 0.1) is 5.25 Å². The minimum atomic E-state index is -0.342. The van der Waals surface area contributed by atoms with Crippen LogP contribution in [-0.4, -0.2) is 26.9 Å². The molecule has 0 aliphatic carbocycles. The molecule has 1 aromatic heterocycles. The molecule has 0 aliphatic heterocycles. The number of nitrogens with one attached hydrogen (secondary N) is 1. The maximum Gasteiger partial charge on any atom is 0.230 e. The van der Waals surface area contributed by atoms with Crippen molar-refractivity contribution in [3.05, 3.63) is 0 Å². The molecule has 0 aliphatic rings. The van der Waals surface area contributed by atoms with E-state index < -0.39 is 0 Å². The quantitative estimate of drug-likeness (QED) is 0.806. The summed E-state index contributed by atoms with van der Waals surface area (Å²) in [5.74, 6) is -0.342. The monoisotopic (exact) mass is 260 g/mol. The van der Waals surface area contributed by atoms with Crippen LogP contribution in [0.1, 0.15) is 27.7 Å². The number of primary amides is 1. The molecule has 0 aromatic carbocycles. The number of nitrogens with two attached hydrogens (primary N) is 1. The van der Waals surface area contributed by atoms with E-state index in [0.717, 1.165) is 9.47 Å². The Hall–Kier alpha value is -0.820. The summed E-state index contributed by atoms with van der Waals surface area (Å²) in [7, 11) is 0. The molecule has 1 heterocycles. The van der Waals surface area contributed by atoms with E-state index in [2.05, 4.69) is 15.5 Å². The molecule has 3 N–H and O–H groups in total. The van der Waals surface area contributed by atoms with Gasteiger partial charge in [-0.05, 0) is 27.7 Å². The van der Waals surface area contributed by atoms with E-state index in [1.54, 1.807) is 6.92 Å². The fraction of sp³-hybridized carbons (Fsp3) is 0.667. The molecule has 0 fully saturated rings. The Bertz CT molecular complexity index is 372. The zero-order chi connectivity index (χ0) is 12.3. The van der Waals surface area contributed by atoms with Gasteiger partial charge in [0, 0.05) is 5.54 Å². The topological polar surface area (TPSA) is 80.9 Å². The normalized spacial score (nSPS) is 13.5. The van der Waals surface area contributed by atoms with E-state index in [4.69, 9.17) is 5.73 Å². The van der Waals surface area contributed by atoms with Crippen LogP contribution in [0.25, 0.3) is 0 Å². The lowest BCUT2D eigenvalue weighted by Gasteiger charge is -2.18. The second kappa shape index (κ2) is 5.01. The highest BCUT2D eigenvalue weighted by Gasteiger charge is 2.16. The minimum Gasteiger partial charge on any atom is -0.369 e. The molecule has 0 radical (unpaired) electrons. The average Bonchev–Trinajstić information content (AvgIpc) is 2.49. The Morgan fingerprint density at radius 1 is 1.50 bits per heavy atom. The molecule has 0 spiro atoms. The van der Waals surface area contributed by atoms with Crippen LogP contribution in [-0.2, 0) is 4.79 Å². The Morgan fingerprint density at radius 3 is 2.62 bits per heavy atom. The van der Waals surface area contributed by atoms with Crippen molar-refractivity contribution in [2.24, 2.45) is 5.73 Å². The van der Waals surface area contributed by atoms with Gasteiger partial charge in [-0.1, -0.05) is 23.1 Å². The summed E-state index contributed by atoms with van der Waals surface area (Å²) >= 11 is 2.76. The van der Waals surface area contributed by atoms with Gasteiger partial charge in [-0.15, -0.1) is 10.2 Å². The highest BCUT2D eigenvalue weighted by Crippen LogP contribution is 2.29. The smallest absolute Gasteiger partial charge is 0.230 e. The molecule has 1 atom stereocenters. The standard InChI is InChI=1S/C9H16N4OS2/c1-5(6(10)14)15-8-13-12-7(16-8)11-9(2,3)4/h5H,1-4H3,(H2,10,14)(H,11,12). The predicted octanol–water partition coefficient (Wildman–Crippen LogP) is 1.71. The SMILES string of the molecule is CC(Sc1nnc(NC(C)(C)C)s1)C(N)=O. The number of hydrogen-bond donors (Lipinski definition) is 2. The summed E-state index contributed by atoms with van der Waals surface area (Å²) < 4.78 is 0.748. The summed E-state index contributed by atoms with van der Waals surface area (Å²) in [5, 5.41) is 11.7. The van der Waals surface area contributed by atoms with E-state index in [9.17, 15) is 4.79 Å². The second-order valence-corrected chi connectivity index (χ2v) is 6.98. The van der Waals surface area contributed by atoms with Crippen molar-refractivity contribution in [2.75, 3.05) is 5.32 Å². The number of amides is 1. The zero-order valence-electron chi connectivity index (χ0n) is 9.77. The van der Waals surface area contributed by atoms with E-state index in [1.807, 2.05) is 20.8 Å². The lowest BCUT2D eigenvalue weighted by molar-refractivity contribution is -0.117. The fourth-order valence-corrected chi connectivity index (χ4v) is 2.89. The molecule has 0 saturated carbocycles. The molecule has 7 heteroatoms. The molecule has 1 amide bonds. The molecule has 1 rings (SSSR count). The summed E-state index contributed by atoms with van der Waals surface area (Å²) in [4.78, 5) is 10.9. The van der Waals surface area contributed by atoms with Crippen molar-refractivity contribution in [3.8, 4) is 0 Å². The summed E-state index contributed by atoms with van der Waals surface area (Å²) in [6.45, 7) is 7.90. The van der Waals surface area contributed by atoms with Gasteiger partial charge >= 0.3 is 0 Å². The van der Waals surface area contributed by atoms with E-state index in [0.29, 0.717) is 0 Å². The van der Waals surface area contributed by atoms with E-state index in [-0.39, 0.29) is 16.7 Å². The van der Waals surface area contributed by atoms with Gasteiger partial charge < -0.3 is 11.1 Å². The molecule has 0 saturated heterocycles. The van der Waals surface area contributed by atoms with Gasteiger partial charge in [-0.2, -0.15) is 0 Å². The van der Waals surface area contributed by atoms with Gasteiger partial charge in [0.25, 0.3) is 0 Å². The molecular formula is C9H16N4OS2. The lowest BCUT2D eigenvalue weighted by atomic mass is 10.1. The lowest BCUT2D eigenvalue weighted by Crippen LogP contribution is -2.25. The maximum absolute atomic E-state index is 10.9. The summed E-state index contributed by atoms with van der Waals surface area (Å²) in [6, 6.07) is 0. The summed E-state index contributed by atoms with van der Waals surface area (Å²) in [6.07, 6.45) is 0. The van der Waals surface area contributed by atoms with E-state index in [1.165, 1.54) is 23.1 Å². The molecule has 90 valence electrons. The largest absolute Gasteiger partial charge is 0.369 e. The van der Waals surface area contributed by atoms with Crippen LogP contribution in [0.2, 0.25) is 0 Å². The molecule has 1 unspecified atom stereocenters. The van der Waals surface area contributed by atoms with E-state index >= 15 is 0 Å².